The number of imide groups is 1. The summed E-state index contributed by atoms with van der Waals surface area (Å²) in [6.45, 7) is 2.07. The number of carbonyl (C=O) groups is 3. The van der Waals surface area contributed by atoms with Crippen LogP contribution in [-0.4, -0.2) is 25.0 Å². The maximum atomic E-state index is 13.9. The van der Waals surface area contributed by atoms with Crippen LogP contribution in [0.1, 0.15) is 44.5 Å². The Labute approximate surface area is 163 Å². The van der Waals surface area contributed by atoms with E-state index >= 15 is 0 Å². The van der Waals surface area contributed by atoms with Crippen LogP contribution in [0.5, 0.6) is 0 Å². The van der Waals surface area contributed by atoms with Gasteiger partial charge in [0.2, 0.25) is 0 Å². The van der Waals surface area contributed by atoms with Gasteiger partial charge in [0, 0.05) is 4.88 Å². The minimum atomic E-state index is -1.01. The molecule has 0 bridgehead atoms. The van der Waals surface area contributed by atoms with Gasteiger partial charge in [-0.1, -0.05) is 13.0 Å². The zero-order valence-corrected chi connectivity index (χ0v) is 16.0. The predicted molar refractivity (Wildman–Crippen MR) is 99.7 cm³/mol. The van der Waals surface area contributed by atoms with Gasteiger partial charge in [0.05, 0.1) is 12.7 Å². The highest BCUT2D eigenvalue weighted by Gasteiger charge is 2.30. The molecule has 6 nitrogen and oxygen atoms in total. The number of methoxy groups -OCH3 is 1. The molecule has 1 heterocycles. The Bertz CT molecular complexity index is 937. The molecule has 3 amide bonds. The standard InChI is InChI=1S/C19H18F2N2O4S/c1-9-6-7-10-13(8-9)28-18(14(10)16(24)23-19(26)27-2)22-17(25)15-11(20)4-3-5-12(15)21/h3-5,9H,6-8H2,1-2H3,(H,22,25)(H,23,24,26)/t9-/m1/s1. The summed E-state index contributed by atoms with van der Waals surface area (Å²) in [6.07, 6.45) is 1.22. The first kappa shape index (κ1) is 19.9. The molecule has 1 aromatic carbocycles. The molecule has 148 valence electrons. The van der Waals surface area contributed by atoms with Crippen LogP contribution in [-0.2, 0) is 17.6 Å². The van der Waals surface area contributed by atoms with Crippen molar-refractivity contribution in [2.75, 3.05) is 12.4 Å². The number of amides is 3. The monoisotopic (exact) mass is 408 g/mol. The summed E-state index contributed by atoms with van der Waals surface area (Å²) < 4.78 is 32.3. The fraction of sp³-hybridized carbons (Fsp3) is 0.316. The van der Waals surface area contributed by atoms with Gasteiger partial charge in [-0.15, -0.1) is 11.3 Å². The highest BCUT2D eigenvalue weighted by Crippen LogP contribution is 2.40. The molecule has 0 saturated carbocycles. The average molecular weight is 408 g/mol. The molecule has 0 radical (unpaired) electrons. The summed E-state index contributed by atoms with van der Waals surface area (Å²) in [6, 6.07) is 3.11. The molecule has 0 unspecified atom stereocenters. The zero-order valence-electron chi connectivity index (χ0n) is 15.2. The van der Waals surface area contributed by atoms with E-state index in [1.54, 1.807) is 0 Å². The van der Waals surface area contributed by atoms with Crippen molar-refractivity contribution in [1.29, 1.82) is 0 Å². The molecule has 28 heavy (non-hydrogen) atoms. The molecule has 1 aliphatic rings. The smallest absolute Gasteiger partial charge is 0.413 e. The van der Waals surface area contributed by atoms with E-state index < -0.39 is 35.1 Å². The van der Waals surface area contributed by atoms with Crippen molar-refractivity contribution < 1.29 is 27.9 Å². The second-order valence-corrected chi connectivity index (χ2v) is 7.66. The second-order valence-electron chi connectivity index (χ2n) is 6.55. The molecule has 0 saturated heterocycles. The molecule has 3 rings (SSSR count). The first-order chi connectivity index (χ1) is 13.3. The fourth-order valence-electron chi connectivity index (χ4n) is 3.17. The number of thiophene rings is 1. The van der Waals surface area contributed by atoms with Crippen molar-refractivity contribution in [3.8, 4) is 0 Å². The Morgan fingerprint density at radius 3 is 2.46 bits per heavy atom. The molecular weight excluding hydrogens is 390 g/mol. The Morgan fingerprint density at radius 2 is 1.82 bits per heavy atom. The van der Waals surface area contributed by atoms with Crippen molar-refractivity contribution in [1.82, 2.24) is 5.32 Å². The van der Waals surface area contributed by atoms with E-state index in [-0.39, 0.29) is 10.6 Å². The van der Waals surface area contributed by atoms with Crippen LogP contribution < -0.4 is 10.6 Å². The SMILES string of the molecule is COC(=O)NC(=O)c1c(NC(=O)c2c(F)cccc2F)sc2c1CC[C@@H](C)C2. The van der Waals surface area contributed by atoms with Gasteiger partial charge in [-0.2, -0.15) is 0 Å². The molecule has 2 N–H and O–H groups in total. The van der Waals surface area contributed by atoms with Crippen LogP contribution in [0.4, 0.5) is 18.6 Å². The van der Waals surface area contributed by atoms with Crippen LogP contribution in [0, 0.1) is 17.6 Å². The molecular formula is C19H18F2N2O4S. The number of hydrogen-bond acceptors (Lipinski definition) is 5. The largest absolute Gasteiger partial charge is 0.453 e. The van der Waals surface area contributed by atoms with E-state index in [4.69, 9.17) is 0 Å². The van der Waals surface area contributed by atoms with Gasteiger partial charge in [0.25, 0.3) is 11.8 Å². The lowest BCUT2D eigenvalue weighted by atomic mass is 9.88. The number of carbonyl (C=O) groups excluding carboxylic acids is 3. The highest BCUT2D eigenvalue weighted by molar-refractivity contribution is 7.17. The number of fused-ring (bicyclic) bond motifs is 1. The number of hydrogen-bond donors (Lipinski definition) is 2. The Balaban J connectivity index is 1.99. The number of ether oxygens (including phenoxy) is 1. The van der Waals surface area contributed by atoms with Crippen molar-refractivity contribution in [3.63, 3.8) is 0 Å². The molecule has 2 aromatic rings. The molecule has 1 aliphatic carbocycles. The van der Waals surface area contributed by atoms with Gasteiger partial charge < -0.3 is 10.1 Å². The Kier molecular flexibility index (Phi) is 5.73. The summed E-state index contributed by atoms with van der Waals surface area (Å²) in [5.41, 5.74) is 0.123. The molecule has 1 atom stereocenters. The van der Waals surface area contributed by atoms with Gasteiger partial charge >= 0.3 is 6.09 Å². The fourth-order valence-corrected chi connectivity index (χ4v) is 4.57. The van der Waals surface area contributed by atoms with Gasteiger partial charge in [0.15, 0.2) is 0 Å². The summed E-state index contributed by atoms with van der Waals surface area (Å²) in [4.78, 5) is 37.4. The van der Waals surface area contributed by atoms with Crippen molar-refractivity contribution >= 4 is 34.2 Å². The molecule has 0 spiro atoms. The van der Waals surface area contributed by atoms with E-state index in [2.05, 4.69) is 22.3 Å². The molecule has 9 heteroatoms. The predicted octanol–water partition coefficient (Wildman–Crippen LogP) is 3.90. The summed E-state index contributed by atoms with van der Waals surface area (Å²) in [5, 5.41) is 4.66. The third-order valence-electron chi connectivity index (χ3n) is 4.56. The lowest BCUT2D eigenvalue weighted by molar-refractivity contribution is 0.0937. The zero-order chi connectivity index (χ0) is 20.4. The average Bonchev–Trinajstić information content (AvgIpc) is 2.98. The number of benzene rings is 1. The maximum Gasteiger partial charge on any atom is 0.413 e. The van der Waals surface area contributed by atoms with Crippen molar-refractivity contribution in [3.05, 3.63) is 51.4 Å². The van der Waals surface area contributed by atoms with Crippen LogP contribution in [0.2, 0.25) is 0 Å². The van der Waals surface area contributed by atoms with E-state index in [1.807, 2.05) is 0 Å². The topological polar surface area (TPSA) is 84.5 Å². The highest BCUT2D eigenvalue weighted by atomic mass is 32.1. The summed E-state index contributed by atoms with van der Waals surface area (Å²) in [7, 11) is 1.12. The van der Waals surface area contributed by atoms with Gasteiger partial charge in [-0.25, -0.2) is 13.6 Å². The molecule has 0 aliphatic heterocycles. The lowest BCUT2D eigenvalue weighted by Gasteiger charge is -2.18. The third-order valence-corrected chi connectivity index (χ3v) is 5.73. The van der Waals surface area contributed by atoms with Gasteiger partial charge in [0.1, 0.15) is 22.2 Å². The summed E-state index contributed by atoms with van der Waals surface area (Å²) >= 11 is 1.17. The van der Waals surface area contributed by atoms with Gasteiger partial charge in [-0.05, 0) is 42.9 Å². The normalized spacial score (nSPS) is 15.5. The Hall–Kier alpha value is -2.81. The number of rotatable bonds is 3. The minimum Gasteiger partial charge on any atom is -0.453 e. The first-order valence-electron chi connectivity index (χ1n) is 8.61. The maximum absolute atomic E-state index is 13.9. The number of anilines is 1. The first-order valence-corrected chi connectivity index (χ1v) is 9.42. The van der Waals surface area contributed by atoms with Crippen LogP contribution >= 0.6 is 11.3 Å². The minimum absolute atomic E-state index is 0.127. The van der Waals surface area contributed by atoms with E-state index in [9.17, 15) is 23.2 Å². The van der Waals surface area contributed by atoms with Crippen LogP contribution in [0.15, 0.2) is 18.2 Å². The van der Waals surface area contributed by atoms with Crippen LogP contribution in [0.25, 0.3) is 0 Å². The van der Waals surface area contributed by atoms with E-state index in [0.717, 1.165) is 42.2 Å². The quantitative estimate of drug-likeness (QED) is 0.807. The van der Waals surface area contributed by atoms with Crippen LogP contribution in [0.3, 0.4) is 0 Å². The van der Waals surface area contributed by atoms with Crippen molar-refractivity contribution in [2.45, 2.75) is 26.2 Å². The van der Waals surface area contributed by atoms with E-state index in [0.29, 0.717) is 18.8 Å². The Morgan fingerprint density at radius 1 is 1.14 bits per heavy atom. The lowest BCUT2D eigenvalue weighted by Crippen LogP contribution is -2.31. The number of nitrogens with one attached hydrogen (secondary N) is 2. The van der Waals surface area contributed by atoms with Crippen molar-refractivity contribution in [2.24, 2.45) is 5.92 Å². The summed E-state index contributed by atoms with van der Waals surface area (Å²) in [5.74, 6) is -3.35. The second kappa shape index (κ2) is 8.05. The number of halogens is 2. The van der Waals surface area contributed by atoms with E-state index in [1.165, 1.54) is 11.3 Å². The van der Waals surface area contributed by atoms with Gasteiger partial charge in [-0.3, -0.25) is 14.9 Å². The number of alkyl carbamates (subject to hydrolysis) is 1. The molecule has 0 fully saturated rings. The third kappa shape index (κ3) is 3.89. The molecule has 1 aromatic heterocycles.